The SMILES string of the molecule is [N-]=[N+]=N[C@]12CC(=O)CN(C(=O)OCc3ccccc3)[C@]1(c1ccccc1)COCO2. The van der Waals surface area contributed by atoms with E-state index in [1.807, 2.05) is 36.4 Å². The van der Waals surface area contributed by atoms with Crippen molar-refractivity contribution in [2.45, 2.75) is 24.3 Å². The predicted octanol–water partition coefficient (Wildman–Crippen LogP) is 3.50. The van der Waals surface area contributed by atoms with Crippen molar-refractivity contribution in [1.29, 1.82) is 0 Å². The lowest BCUT2D eigenvalue weighted by Gasteiger charge is -2.57. The molecule has 0 unspecified atom stereocenters. The summed E-state index contributed by atoms with van der Waals surface area (Å²) in [7, 11) is 0. The van der Waals surface area contributed by atoms with E-state index in [9.17, 15) is 15.1 Å². The number of piperidine rings is 1. The molecule has 2 aromatic carbocycles. The Kier molecular flexibility index (Phi) is 5.41. The summed E-state index contributed by atoms with van der Waals surface area (Å²) < 4.78 is 16.9. The highest BCUT2D eigenvalue weighted by Crippen LogP contribution is 2.50. The zero-order chi connectivity index (χ0) is 21.0. The van der Waals surface area contributed by atoms with Gasteiger partial charge in [0.05, 0.1) is 13.2 Å². The quantitative estimate of drug-likeness (QED) is 0.436. The van der Waals surface area contributed by atoms with Gasteiger partial charge in [0.1, 0.15) is 18.9 Å². The van der Waals surface area contributed by atoms with E-state index in [1.165, 1.54) is 4.90 Å². The number of ether oxygens (including phenoxy) is 3. The van der Waals surface area contributed by atoms with E-state index < -0.39 is 17.4 Å². The molecule has 0 aromatic heterocycles. The molecule has 0 bridgehead atoms. The third-order valence-corrected chi connectivity index (χ3v) is 5.45. The Morgan fingerprint density at radius 1 is 1.17 bits per heavy atom. The van der Waals surface area contributed by atoms with Gasteiger partial charge in [-0.1, -0.05) is 65.8 Å². The zero-order valence-electron chi connectivity index (χ0n) is 16.1. The summed E-state index contributed by atoms with van der Waals surface area (Å²) in [6, 6.07) is 18.2. The molecule has 0 N–H and O–H groups in total. The minimum Gasteiger partial charge on any atom is -0.445 e. The number of Topliss-reactive ketones (excluding diaryl/α,β-unsaturated/α-hetero) is 1. The molecule has 0 aliphatic carbocycles. The highest BCUT2D eigenvalue weighted by Gasteiger charge is 2.65. The van der Waals surface area contributed by atoms with E-state index in [0.29, 0.717) is 5.56 Å². The molecule has 0 saturated carbocycles. The van der Waals surface area contributed by atoms with Crippen molar-refractivity contribution in [3.05, 3.63) is 82.2 Å². The van der Waals surface area contributed by atoms with Crippen LogP contribution in [-0.2, 0) is 31.2 Å². The van der Waals surface area contributed by atoms with Gasteiger partial charge >= 0.3 is 6.09 Å². The molecule has 9 heteroatoms. The van der Waals surface area contributed by atoms with Crippen molar-refractivity contribution in [3.63, 3.8) is 0 Å². The fraction of sp³-hybridized carbons (Fsp3) is 0.333. The van der Waals surface area contributed by atoms with Gasteiger partial charge in [-0.15, -0.1) is 0 Å². The summed E-state index contributed by atoms with van der Waals surface area (Å²) in [4.78, 5) is 30.0. The Hall–Kier alpha value is -3.39. The van der Waals surface area contributed by atoms with Crippen molar-refractivity contribution >= 4 is 11.9 Å². The van der Waals surface area contributed by atoms with Crippen LogP contribution in [0.25, 0.3) is 10.4 Å². The molecule has 9 nitrogen and oxygen atoms in total. The van der Waals surface area contributed by atoms with Crippen LogP contribution >= 0.6 is 0 Å². The number of carbonyl (C=O) groups excluding carboxylic acids is 2. The van der Waals surface area contributed by atoms with Gasteiger partial charge in [0.15, 0.2) is 11.5 Å². The van der Waals surface area contributed by atoms with Gasteiger partial charge < -0.3 is 14.2 Å². The lowest BCUT2D eigenvalue weighted by Crippen LogP contribution is -2.72. The monoisotopic (exact) mass is 408 g/mol. The normalized spacial score (nSPS) is 25.7. The first-order valence-electron chi connectivity index (χ1n) is 9.45. The smallest absolute Gasteiger partial charge is 0.411 e. The minimum atomic E-state index is -1.64. The predicted molar refractivity (Wildman–Crippen MR) is 105 cm³/mol. The number of fused-ring (bicyclic) bond motifs is 1. The number of carbonyl (C=O) groups is 2. The molecular weight excluding hydrogens is 388 g/mol. The molecule has 0 spiro atoms. The number of rotatable bonds is 4. The summed E-state index contributed by atoms with van der Waals surface area (Å²) in [5.41, 5.74) is 7.72. The summed E-state index contributed by atoms with van der Waals surface area (Å²) >= 11 is 0. The highest BCUT2D eigenvalue weighted by molar-refractivity contribution is 5.87. The van der Waals surface area contributed by atoms with E-state index in [1.54, 1.807) is 24.3 Å². The van der Waals surface area contributed by atoms with Gasteiger partial charge in [-0.05, 0) is 16.7 Å². The zero-order valence-corrected chi connectivity index (χ0v) is 16.1. The molecule has 2 aliphatic heterocycles. The second-order valence-electron chi connectivity index (χ2n) is 7.15. The number of hydrogen-bond acceptors (Lipinski definition) is 6. The Bertz CT molecular complexity index is 979. The molecule has 2 heterocycles. The molecule has 2 aliphatic rings. The van der Waals surface area contributed by atoms with Crippen LogP contribution in [0.4, 0.5) is 4.79 Å². The maximum Gasteiger partial charge on any atom is 0.411 e. The van der Waals surface area contributed by atoms with Crippen molar-refractivity contribution in [3.8, 4) is 0 Å². The molecule has 2 saturated heterocycles. The number of likely N-dealkylation sites (tertiary alicyclic amines) is 1. The van der Waals surface area contributed by atoms with Gasteiger partial charge in [-0.2, -0.15) is 0 Å². The second-order valence-corrected chi connectivity index (χ2v) is 7.15. The minimum absolute atomic E-state index is 0.0102. The molecule has 2 fully saturated rings. The molecule has 0 radical (unpaired) electrons. The lowest BCUT2D eigenvalue weighted by molar-refractivity contribution is -0.275. The van der Waals surface area contributed by atoms with E-state index >= 15 is 0 Å². The Labute approximate surface area is 172 Å². The first-order valence-corrected chi connectivity index (χ1v) is 9.45. The number of benzene rings is 2. The van der Waals surface area contributed by atoms with Gasteiger partial charge in [0.2, 0.25) is 0 Å². The molecule has 30 heavy (non-hydrogen) atoms. The maximum atomic E-state index is 13.2. The molecule has 154 valence electrons. The average Bonchev–Trinajstić information content (AvgIpc) is 2.78. The van der Waals surface area contributed by atoms with E-state index in [0.717, 1.165) is 5.56 Å². The molecular formula is C21H20N4O5. The standard InChI is InChI=1S/C21H20N4O5/c22-24-23-21-11-18(26)12-25(19(27)29-13-16-7-3-1-4-8-16)20(21,14-28-15-30-21)17-9-5-2-6-10-17/h1-10H,11-15H2/t20-,21-/m0/s1. The Morgan fingerprint density at radius 2 is 1.87 bits per heavy atom. The van der Waals surface area contributed by atoms with Gasteiger partial charge in [-0.3, -0.25) is 9.69 Å². The van der Waals surface area contributed by atoms with Gasteiger partial charge in [-0.25, -0.2) is 4.79 Å². The second kappa shape index (κ2) is 8.16. The third kappa shape index (κ3) is 3.29. The van der Waals surface area contributed by atoms with E-state index in [2.05, 4.69) is 10.0 Å². The maximum absolute atomic E-state index is 13.2. The number of ketones is 1. The number of hydrogen-bond donors (Lipinski definition) is 0. The molecule has 4 rings (SSSR count). The van der Waals surface area contributed by atoms with Crippen molar-refractivity contribution < 1.29 is 23.8 Å². The van der Waals surface area contributed by atoms with Crippen molar-refractivity contribution in [2.24, 2.45) is 5.11 Å². The largest absolute Gasteiger partial charge is 0.445 e. The number of nitrogens with zero attached hydrogens (tertiary/aromatic N) is 4. The van der Waals surface area contributed by atoms with Gasteiger partial charge in [0.25, 0.3) is 0 Å². The van der Waals surface area contributed by atoms with Crippen LogP contribution in [0, 0.1) is 0 Å². The lowest BCUT2D eigenvalue weighted by atomic mass is 9.73. The summed E-state index contributed by atoms with van der Waals surface area (Å²) in [5, 5.41) is 3.90. The van der Waals surface area contributed by atoms with Crippen LogP contribution < -0.4 is 0 Å². The first kappa shape index (κ1) is 19.9. The van der Waals surface area contributed by atoms with E-state index in [4.69, 9.17) is 14.2 Å². The fourth-order valence-corrected chi connectivity index (χ4v) is 4.10. The van der Waals surface area contributed by atoms with Crippen LogP contribution in [0.5, 0.6) is 0 Å². The Morgan fingerprint density at radius 3 is 2.57 bits per heavy atom. The highest BCUT2D eigenvalue weighted by atomic mass is 16.7. The number of azide groups is 1. The van der Waals surface area contributed by atoms with Crippen LogP contribution in [0.1, 0.15) is 17.5 Å². The number of amides is 1. The van der Waals surface area contributed by atoms with Crippen LogP contribution in [0.15, 0.2) is 65.8 Å². The summed E-state index contributed by atoms with van der Waals surface area (Å²) in [6.07, 6.45) is -0.889. The average molecular weight is 408 g/mol. The Balaban J connectivity index is 1.77. The third-order valence-electron chi connectivity index (χ3n) is 5.45. The summed E-state index contributed by atoms with van der Waals surface area (Å²) in [5.74, 6) is -0.299. The fourth-order valence-electron chi connectivity index (χ4n) is 4.10. The molecule has 1 amide bonds. The van der Waals surface area contributed by atoms with Crippen molar-refractivity contribution in [1.82, 2.24) is 4.90 Å². The molecule has 2 aromatic rings. The van der Waals surface area contributed by atoms with Gasteiger partial charge in [0, 0.05) is 11.3 Å². The van der Waals surface area contributed by atoms with Crippen molar-refractivity contribution in [2.75, 3.05) is 19.9 Å². The molecule has 2 atom stereocenters. The first-order chi connectivity index (χ1) is 14.6. The summed E-state index contributed by atoms with van der Waals surface area (Å²) in [6.45, 7) is -0.346. The topological polar surface area (TPSA) is 114 Å². The van der Waals surface area contributed by atoms with Crippen LogP contribution in [0.3, 0.4) is 0 Å². The van der Waals surface area contributed by atoms with Crippen LogP contribution in [-0.4, -0.2) is 42.4 Å². The van der Waals surface area contributed by atoms with E-state index in [-0.39, 0.29) is 38.8 Å². The van der Waals surface area contributed by atoms with Crippen LogP contribution in [0.2, 0.25) is 0 Å².